The van der Waals surface area contributed by atoms with Crippen molar-refractivity contribution in [2.24, 2.45) is 4.99 Å². The molecule has 1 aliphatic rings. The van der Waals surface area contributed by atoms with E-state index in [4.69, 9.17) is 9.47 Å². The number of benzene rings is 1. The molecule has 134 valence electrons. The first-order valence-electron chi connectivity index (χ1n) is 8.50. The Morgan fingerprint density at radius 3 is 2.62 bits per heavy atom. The average Bonchev–Trinajstić information content (AvgIpc) is 3.11. The maximum absolute atomic E-state index is 5.64. The largest absolute Gasteiger partial charge is 0.497 e. The molecule has 1 aliphatic heterocycles. The van der Waals surface area contributed by atoms with Crippen molar-refractivity contribution >= 4 is 5.96 Å². The number of nitrogens with one attached hydrogen (secondary N) is 2. The van der Waals surface area contributed by atoms with Crippen LogP contribution in [-0.2, 0) is 4.74 Å². The maximum atomic E-state index is 5.64. The molecule has 0 saturated carbocycles. The van der Waals surface area contributed by atoms with Gasteiger partial charge in [0.15, 0.2) is 5.96 Å². The van der Waals surface area contributed by atoms with Crippen LogP contribution in [0.3, 0.4) is 0 Å². The van der Waals surface area contributed by atoms with Crippen LogP contribution in [0.1, 0.15) is 24.4 Å². The van der Waals surface area contributed by atoms with Crippen molar-refractivity contribution in [2.75, 3.05) is 47.9 Å². The summed E-state index contributed by atoms with van der Waals surface area (Å²) in [7, 11) is 7.64. The highest BCUT2D eigenvalue weighted by Crippen LogP contribution is 2.20. The number of aliphatic imine (C=N–C) groups is 1. The summed E-state index contributed by atoms with van der Waals surface area (Å²) in [6.07, 6.45) is 2.57. The van der Waals surface area contributed by atoms with Crippen molar-refractivity contribution in [3.8, 4) is 5.75 Å². The molecule has 0 aromatic heterocycles. The van der Waals surface area contributed by atoms with Crippen molar-refractivity contribution in [1.82, 2.24) is 15.5 Å². The van der Waals surface area contributed by atoms with Crippen LogP contribution >= 0.6 is 0 Å². The Kier molecular flexibility index (Phi) is 7.34. The van der Waals surface area contributed by atoms with E-state index >= 15 is 0 Å². The van der Waals surface area contributed by atoms with Gasteiger partial charge in [0.2, 0.25) is 0 Å². The Morgan fingerprint density at radius 2 is 2.08 bits per heavy atom. The van der Waals surface area contributed by atoms with Crippen molar-refractivity contribution in [1.29, 1.82) is 0 Å². The lowest BCUT2D eigenvalue weighted by Gasteiger charge is -2.26. The van der Waals surface area contributed by atoms with Crippen LogP contribution in [0.2, 0.25) is 0 Å². The number of hydrogen-bond acceptors (Lipinski definition) is 4. The molecule has 0 aliphatic carbocycles. The van der Waals surface area contributed by atoms with Gasteiger partial charge in [-0.1, -0.05) is 12.1 Å². The lowest BCUT2D eigenvalue weighted by Crippen LogP contribution is -2.44. The molecule has 2 N–H and O–H groups in total. The lowest BCUT2D eigenvalue weighted by molar-refractivity contribution is 0.113. The summed E-state index contributed by atoms with van der Waals surface area (Å²) in [5.74, 6) is 1.68. The normalized spacial score (nSPS) is 19.4. The van der Waals surface area contributed by atoms with E-state index in [0.717, 1.165) is 44.2 Å². The Labute approximate surface area is 145 Å². The molecule has 2 atom stereocenters. The first kappa shape index (κ1) is 18.5. The minimum absolute atomic E-state index is 0.247. The molecule has 0 spiro atoms. The van der Waals surface area contributed by atoms with E-state index < -0.39 is 0 Å². The van der Waals surface area contributed by atoms with Crippen LogP contribution in [0.25, 0.3) is 0 Å². The van der Waals surface area contributed by atoms with Gasteiger partial charge in [0.1, 0.15) is 5.75 Å². The number of hydrogen-bond donors (Lipinski definition) is 2. The van der Waals surface area contributed by atoms with Crippen molar-refractivity contribution in [3.63, 3.8) is 0 Å². The highest BCUT2D eigenvalue weighted by atomic mass is 16.5. The van der Waals surface area contributed by atoms with Crippen molar-refractivity contribution in [2.45, 2.75) is 25.0 Å². The smallest absolute Gasteiger partial charge is 0.191 e. The third-order valence-electron chi connectivity index (χ3n) is 4.33. The van der Waals surface area contributed by atoms with Gasteiger partial charge in [0.05, 0.1) is 19.3 Å². The number of methoxy groups -OCH3 is 1. The van der Waals surface area contributed by atoms with Crippen LogP contribution < -0.4 is 15.4 Å². The van der Waals surface area contributed by atoms with Gasteiger partial charge in [0.25, 0.3) is 0 Å². The van der Waals surface area contributed by atoms with Crippen molar-refractivity contribution in [3.05, 3.63) is 29.8 Å². The zero-order valence-corrected chi connectivity index (χ0v) is 15.2. The van der Waals surface area contributed by atoms with Crippen molar-refractivity contribution < 1.29 is 9.47 Å². The van der Waals surface area contributed by atoms with Crippen LogP contribution in [0.5, 0.6) is 5.75 Å². The molecule has 6 nitrogen and oxygen atoms in total. The van der Waals surface area contributed by atoms with E-state index in [0.29, 0.717) is 6.10 Å². The van der Waals surface area contributed by atoms with Gasteiger partial charge in [-0.25, -0.2) is 0 Å². The molecule has 1 saturated heterocycles. The van der Waals surface area contributed by atoms with E-state index in [1.165, 1.54) is 5.56 Å². The molecule has 1 aromatic carbocycles. The molecule has 1 aromatic rings. The second-order valence-electron chi connectivity index (χ2n) is 6.22. The molecule has 2 rings (SSSR count). The zero-order valence-electron chi connectivity index (χ0n) is 15.2. The van der Waals surface area contributed by atoms with Gasteiger partial charge >= 0.3 is 0 Å². The Morgan fingerprint density at radius 1 is 1.33 bits per heavy atom. The van der Waals surface area contributed by atoms with E-state index in [1.54, 1.807) is 14.2 Å². The van der Waals surface area contributed by atoms with Crippen LogP contribution in [0.15, 0.2) is 29.3 Å². The Balaban J connectivity index is 1.88. The minimum Gasteiger partial charge on any atom is -0.497 e. The summed E-state index contributed by atoms with van der Waals surface area (Å²) >= 11 is 0. The van der Waals surface area contributed by atoms with Crippen LogP contribution in [0, 0.1) is 0 Å². The van der Waals surface area contributed by atoms with Gasteiger partial charge in [-0.05, 0) is 44.6 Å². The van der Waals surface area contributed by atoms with Gasteiger partial charge < -0.3 is 25.0 Å². The quantitative estimate of drug-likeness (QED) is 0.586. The number of likely N-dealkylation sites (N-methyl/N-ethyl adjacent to an activating group) is 1. The Bertz CT molecular complexity index is 510. The minimum atomic E-state index is 0.247. The highest BCUT2D eigenvalue weighted by Gasteiger charge is 2.17. The summed E-state index contributed by atoms with van der Waals surface area (Å²) in [5.41, 5.74) is 1.24. The van der Waals surface area contributed by atoms with E-state index in [1.807, 2.05) is 12.1 Å². The fraction of sp³-hybridized carbons (Fsp3) is 0.611. The van der Waals surface area contributed by atoms with Gasteiger partial charge in [-0.3, -0.25) is 4.99 Å². The molecule has 0 radical (unpaired) electrons. The third-order valence-corrected chi connectivity index (χ3v) is 4.33. The fourth-order valence-electron chi connectivity index (χ4n) is 2.85. The molecular formula is C18H30N4O2. The van der Waals surface area contributed by atoms with Gasteiger partial charge in [-0.15, -0.1) is 0 Å². The zero-order chi connectivity index (χ0) is 17.4. The second-order valence-corrected chi connectivity index (χ2v) is 6.22. The predicted molar refractivity (Wildman–Crippen MR) is 97.8 cm³/mol. The number of guanidine groups is 1. The first-order valence-corrected chi connectivity index (χ1v) is 8.50. The molecule has 6 heteroatoms. The van der Waals surface area contributed by atoms with Gasteiger partial charge in [0, 0.05) is 26.7 Å². The van der Waals surface area contributed by atoms with E-state index in [9.17, 15) is 0 Å². The molecule has 1 heterocycles. The SMILES string of the molecule is CN=C(NCC1CCCO1)NCC(c1ccc(OC)cc1)N(C)C. The molecule has 0 amide bonds. The fourth-order valence-corrected chi connectivity index (χ4v) is 2.85. The molecule has 0 bridgehead atoms. The third kappa shape index (κ3) is 5.39. The average molecular weight is 334 g/mol. The lowest BCUT2D eigenvalue weighted by atomic mass is 10.1. The summed E-state index contributed by atoms with van der Waals surface area (Å²) < 4.78 is 10.9. The summed E-state index contributed by atoms with van der Waals surface area (Å²) in [5, 5.41) is 6.76. The molecular weight excluding hydrogens is 304 g/mol. The Hall–Kier alpha value is -1.79. The standard InChI is InChI=1S/C18H30N4O2/c1-19-18(20-12-16-6-5-11-24-16)21-13-17(22(2)3)14-7-9-15(23-4)10-8-14/h7-10,16-17H,5-6,11-13H2,1-4H3,(H2,19,20,21). The number of ether oxygens (including phenoxy) is 2. The monoisotopic (exact) mass is 334 g/mol. The first-order chi connectivity index (χ1) is 11.6. The molecule has 2 unspecified atom stereocenters. The molecule has 1 fully saturated rings. The van der Waals surface area contributed by atoms with Crippen LogP contribution in [0.4, 0.5) is 0 Å². The summed E-state index contributed by atoms with van der Waals surface area (Å²) in [6.45, 7) is 2.44. The maximum Gasteiger partial charge on any atom is 0.191 e. The van der Waals surface area contributed by atoms with Crippen LogP contribution in [-0.4, -0.2) is 64.9 Å². The number of nitrogens with zero attached hydrogens (tertiary/aromatic N) is 2. The van der Waals surface area contributed by atoms with E-state index in [-0.39, 0.29) is 6.04 Å². The van der Waals surface area contributed by atoms with Gasteiger partial charge in [-0.2, -0.15) is 0 Å². The molecule has 24 heavy (non-hydrogen) atoms. The summed E-state index contributed by atoms with van der Waals surface area (Å²) in [6, 6.07) is 8.45. The topological polar surface area (TPSA) is 58.1 Å². The number of rotatable bonds is 7. The van der Waals surface area contributed by atoms with E-state index in [2.05, 4.69) is 46.8 Å². The highest BCUT2D eigenvalue weighted by molar-refractivity contribution is 5.79. The summed E-state index contributed by atoms with van der Waals surface area (Å²) in [4.78, 5) is 6.50. The predicted octanol–water partition coefficient (Wildman–Crippen LogP) is 1.64. The second kappa shape index (κ2) is 9.49.